The molecule has 122 valence electrons. The van der Waals surface area contributed by atoms with Crippen molar-refractivity contribution >= 4 is 5.97 Å². The molecule has 1 aromatic rings. The number of esters is 1. The van der Waals surface area contributed by atoms with Gasteiger partial charge in [-0.05, 0) is 38.8 Å². The molecule has 0 N–H and O–H groups in total. The van der Waals surface area contributed by atoms with Crippen molar-refractivity contribution in [2.75, 3.05) is 13.2 Å². The summed E-state index contributed by atoms with van der Waals surface area (Å²) in [6, 6.07) is 3.51. The van der Waals surface area contributed by atoms with Gasteiger partial charge < -0.3 is 14.2 Å². The van der Waals surface area contributed by atoms with Gasteiger partial charge in [-0.25, -0.2) is 13.6 Å². The van der Waals surface area contributed by atoms with Crippen LogP contribution in [0.15, 0.2) is 18.2 Å². The third-order valence-electron chi connectivity index (χ3n) is 3.59. The van der Waals surface area contributed by atoms with E-state index in [4.69, 9.17) is 14.2 Å². The molecule has 0 aromatic heterocycles. The quantitative estimate of drug-likeness (QED) is 0.757. The number of carbonyl (C=O) groups is 1. The van der Waals surface area contributed by atoms with E-state index in [0.29, 0.717) is 13.2 Å². The van der Waals surface area contributed by atoms with E-state index in [1.165, 1.54) is 13.0 Å². The molecule has 0 aliphatic carbocycles. The van der Waals surface area contributed by atoms with Crippen LogP contribution in [0.5, 0.6) is 0 Å². The van der Waals surface area contributed by atoms with Crippen LogP contribution in [0.25, 0.3) is 0 Å². The first-order valence-electron chi connectivity index (χ1n) is 7.36. The van der Waals surface area contributed by atoms with Gasteiger partial charge in [-0.3, -0.25) is 0 Å². The zero-order valence-corrected chi connectivity index (χ0v) is 12.7. The normalized spacial score (nSPS) is 20.6. The van der Waals surface area contributed by atoms with Crippen molar-refractivity contribution in [1.29, 1.82) is 0 Å². The lowest BCUT2D eigenvalue weighted by Crippen LogP contribution is -2.28. The summed E-state index contributed by atoms with van der Waals surface area (Å²) >= 11 is 0. The van der Waals surface area contributed by atoms with Crippen molar-refractivity contribution in [2.24, 2.45) is 0 Å². The predicted molar refractivity (Wildman–Crippen MR) is 75.3 cm³/mol. The highest BCUT2D eigenvalue weighted by Crippen LogP contribution is 2.24. The maximum atomic E-state index is 13.6. The minimum atomic E-state index is -1.03. The number of hydrogen-bond acceptors (Lipinski definition) is 4. The number of halogens is 2. The molecule has 0 spiro atoms. The fourth-order valence-electron chi connectivity index (χ4n) is 2.32. The standard InChI is InChI=1S/C16H20F2O4/c1-10(15-13(17)6-3-7-14(15)18)22-16(19)11(2)21-9-12-5-4-8-20-12/h3,6-7,10-12H,4-5,8-9H2,1-2H3. The minimum absolute atomic E-state index is 0.00307. The van der Waals surface area contributed by atoms with Crippen LogP contribution < -0.4 is 0 Å². The van der Waals surface area contributed by atoms with Crippen LogP contribution in [0.3, 0.4) is 0 Å². The van der Waals surface area contributed by atoms with Crippen LogP contribution >= 0.6 is 0 Å². The van der Waals surface area contributed by atoms with Gasteiger partial charge in [0.15, 0.2) is 6.10 Å². The second-order valence-electron chi connectivity index (χ2n) is 5.33. The van der Waals surface area contributed by atoms with E-state index in [2.05, 4.69) is 0 Å². The Labute approximate surface area is 128 Å². The predicted octanol–water partition coefficient (Wildman–Crippen LogP) is 3.15. The first kappa shape index (κ1) is 16.8. The van der Waals surface area contributed by atoms with Crippen LogP contribution in [0, 0.1) is 11.6 Å². The summed E-state index contributed by atoms with van der Waals surface area (Å²) in [6.07, 6.45) is 0.0374. The van der Waals surface area contributed by atoms with E-state index in [-0.39, 0.29) is 11.7 Å². The molecular weight excluding hydrogens is 294 g/mol. The maximum absolute atomic E-state index is 13.6. The van der Waals surface area contributed by atoms with Crippen molar-refractivity contribution in [3.05, 3.63) is 35.4 Å². The smallest absolute Gasteiger partial charge is 0.335 e. The lowest BCUT2D eigenvalue weighted by Gasteiger charge is -2.19. The summed E-state index contributed by atoms with van der Waals surface area (Å²) in [5, 5.41) is 0. The minimum Gasteiger partial charge on any atom is -0.456 e. The molecule has 6 heteroatoms. The van der Waals surface area contributed by atoms with Crippen LogP contribution in [0.4, 0.5) is 8.78 Å². The van der Waals surface area contributed by atoms with E-state index >= 15 is 0 Å². The summed E-state index contributed by atoms with van der Waals surface area (Å²) in [5.74, 6) is -2.14. The molecule has 1 fully saturated rings. The van der Waals surface area contributed by atoms with Gasteiger partial charge in [0.2, 0.25) is 0 Å². The zero-order chi connectivity index (χ0) is 16.1. The Morgan fingerprint density at radius 3 is 2.64 bits per heavy atom. The summed E-state index contributed by atoms with van der Waals surface area (Å²) in [4.78, 5) is 11.9. The Morgan fingerprint density at radius 1 is 1.36 bits per heavy atom. The SMILES string of the molecule is CC(OCC1CCCO1)C(=O)OC(C)c1c(F)cccc1F. The highest BCUT2D eigenvalue weighted by molar-refractivity contribution is 5.74. The Morgan fingerprint density at radius 2 is 2.05 bits per heavy atom. The molecule has 1 aliphatic heterocycles. The summed E-state index contributed by atoms with van der Waals surface area (Å²) in [5.41, 5.74) is -0.262. The largest absolute Gasteiger partial charge is 0.456 e. The van der Waals surface area contributed by atoms with E-state index in [1.54, 1.807) is 6.92 Å². The first-order chi connectivity index (χ1) is 10.5. The maximum Gasteiger partial charge on any atom is 0.335 e. The van der Waals surface area contributed by atoms with Crippen LogP contribution in [-0.2, 0) is 19.0 Å². The first-order valence-corrected chi connectivity index (χ1v) is 7.36. The summed E-state index contributed by atoms with van der Waals surface area (Å²) in [6.45, 7) is 3.98. The molecular formula is C16H20F2O4. The average Bonchev–Trinajstić information content (AvgIpc) is 2.97. The highest BCUT2D eigenvalue weighted by Gasteiger charge is 2.24. The Hall–Kier alpha value is -1.53. The Balaban J connectivity index is 1.87. The van der Waals surface area contributed by atoms with Crippen molar-refractivity contribution in [2.45, 2.75) is 45.0 Å². The van der Waals surface area contributed by atoms with E-state index in [0.717, 1.165) is 25.0 Å². The fourth-order valence-corrected chi connectivity index (χ4v) is 2.32. The second-order valence-corrected chi connectivity index (χ2v) is 5.33. The van der Waals surface area contributed by atoms with Gasteiger partial charge in [0, 0.05) is 6.61 Å². The van der Waals surface area contributed by atoms with Crippen molar-refractivity contribution in [3.63, 3.8) is 0 Å². The molecule has 0 saturated carbocycles. The van der Waals surface area contributed by atoms with Crippen LogP contribution in [0.2, 0.25) is 0 Å². The zero-order valence-electron chi connectivity index (χ0n) is 12.7. The molecule has 4 nitrogen and oxygen atoms in total. The molecule has 3 atom stereocenters. The van der Waals surface area contributed by atoms with E-state index in [1.807, 2.05) is 0 Å². The van der Waals surface area contributed by atoms with Gasteiger partial charge in [0.1, 0.15) is 17.7 Å². The van der Waals surface area contributed by atoms with Gasteiger partial charge in [0.05, 0.1) is 18.3 Å². The summed E-state index contributed by atoms with van der Waals surface area (Å²) < 4.78 is 43.1. The molecule has 0 bridgehead atoms. The molecule has 1 heterocycles. The molecule has 0 radical (unpaired) electrons. The van der Waals surface area contributed by atoms with Crippen molar-refractivity contribution in [3.8, 4) is 0 Å². The summed E-state index contributed by atoms with van der Waals surface area (Å²) in [7, 11) is 0. The molecule has 3 unspecified atom stereocenters. The van der Waals surface area contributed by atoms with E-state index in [9.17, 15) is 13.6 Å². The lowest BCUT2D eigenvalue weighted by atomic mass is 10.1. The third kappa shape index (κ3) is 4.24. The number of carbonyl (C=O) groups excluding carboxylic acids is 1. The van der Waals surface area contributed by atoms with Crippen LogP contribution in [-0.4, -0.2) is 31.4 Å². The topological polar surface area (TPSA) is 44.8 Å². The number of ether oxygens (including phenoxy) is 3. The number of hydrogen-bond donors (Lipinski definition) is 0. The third-order valence-corrected chi connectivity index (χ3v) is 3.59. The lowest BCUT2D eigenvalue weighted by molar-refractivity contribution is -0.163. The molecule has 1 aliphatic rings. The van der Waals surface area contributed by atoms with Crippen LogP contribution in [0.1, 0.15) is 38.4 Å². The average molecular weight is 314 g/mol. The highest BCUT2D eigenvalue weighted by atomic mass is 19.1. The van der Waals surface area contributed by atoms with Gasteiger partial charge in [-0.2, -0.15) is 0 Å². The number of benzene rings is 1. The van der Waals surface area contributed by atoms with Gasteiger partial charge in [0.25, 0.3) is 0 Å². The van der Waals surface area contributed by atoms with Gasteiger partial charge in [-0.15, -0.1) is 0 Å². The molecule has 2 rings (SSSR count). The van der Waals surface area contributed by atoms with Crippen molar-refractivity contribution in [1.82, 2.24) is 0 Å². The number of rotatable bonds is 6. The van der Waals surface area contributed by atoms with E-state index < -0.39 is 29.8 Å². The van der Waals surface area contributed by atoms with Gasteiger partial charge >= 0.3 is 5.97 Å². The molecule has 0 amide bonds. The monoisotopic (exact) mass is 314 g/mol. The fraction of sp³-hybridized carbons (Fsp3) is 0.562. The Kier molecular flexibility index (Phi) is 5.85. The Bertz CT molecular complexity index is 495. The van der Waals surface area contributed by atoms with Gasteiger partial charge in [-0.1, -0.05) is 6.07 Å². The van der Waals surface area contributed by atoms with Crippen molar-refractivity contribution < 1.29 is 27.8 Å². The molecule has 1 aromatic carbocycles. The molecule has 1 saturated heterocycles. The second kappa shape index (κ2) is 7.65. The molecule has 22 heavy (non-hydrogen) atoms.